The lowest BCUT2D eigenvalue weighted by molar-refractivity contribution is 0.415. The van der Waals surface area contributed by atoms with Gasteiger partial charge in [-0.3, -0.25) is 4.68 Å². The minimum absolute atomic E-state index is 0.0791. The Labute approximate surface area is 171 Å². The first kappa shape index (κ1) is 20.6. The van der Waals surface area contributed by atoms with Crippen molar-refractivity contribution in [2.75, 3.05) is 31.0 Å². The van der Waals surface area contributed by atoms with Gasteiger partial charge in [0.25, 0.3) is 0 Å². The molecule has 0 bridgehead atoms. The molecule has 0 amide bonds. The van der Waals surface area contributed by atoms with Crippen LogP contribution in [0.25, 0.3) is 0 Å². The molecule has 0 saturated carbocycles. The second-order valence-electron chi connectivity index (χ2n) is 7.17. The number of nitrogens with zero attached hydrogens (tertiary/aromatic N) is 3. The van der Waals surface area contributed by atoms with Crippen LogP contribution in [0.15, 0.2) is 24.3 Å². The number of nitrogens with one attached hydrogen (secondary N) is 1. The predicted octanol–water partition coefficient (Wildman–Crippen LogP) is 2.70. The lowest BCUT2D eigenvalue weighted by Gasteiger charge is -2.22. The number of rotatable bonds is 5. The van der Waals surface area contributed by atoms with Crippen LogP contribution in [0.1, 0.15) is 29.4 Å². The van der Waals surface area contributed by atoms with E-state index in [9.17, 15) is 8.42 Å². The predicted molar refractivity (Wildman–Crippen MR) is 115 cm³/mol. The van der Waals surface area contributed by atoms with E-state index in [-0.39, 0.29) is 17.5 Å². The Kier molecular flexibility index (Phi) is 5.95. The third-order valence-corrected chi connectivity index (χ3v) is 7.26. The van der Waals surface area contributed by atoms with E-state index in [1.807, 2.05) is 54.7 Å². The highest BCUT2D eigenvalue weighted by molar-refractivity contribution is 7.91. The van der Waals surface area contributed by atoms with Gasteiger partial charge in [-0.15, -0.1) is 0 Å². The Hall–Kier alpha value is -2.13. The molecule has 9 heteroatoms. The Morgan fingerprint density at radius 1 is 1.43 bits per heavy atom. The number of anilines is 1. The monoisotopic (exact) mass is 422 g/mol. The van der Waals surface area contributed by atoms with Crippen LogP contribution >= 0.6 is 12.2 Å². The third-order valence-electron chi connectivity index (χ3n) is 5.09. The summed E-state index contributed by atoms with van der Waals surface area (Å²) in [5.74, 6) is 1.16. The molecular formula is C19H26N4O3S2. The number of methoxy groups -OCH3 is 1. The minimum Gasteiger partial charge on any atom is -0.497 e. The van der Waals surface area contributed by atoms with Gasteiger partial charge in [0.1, 0.15) is 5.75 Å². The summed E-state index contributed by atoms with van der Waals surface area (Å²) in [6, 6.07) is 7.51. The second-order valence-corrected chi connectivity index (χ2v) is 9.78. The highest BCUT2D eigenvalue weighted by Gasteiger charge is 2.31. The minimum atomic E-state index is -2.95. The summed E-state index contributed by atoms with van der Waals surface area (Å²) < 4.78 is 30.8. The summed E-state index contributed by atoms with van der Waals surface area (Å²) >= 11 is 5.54. The van der Waals surface area contributed by atoms with Gasteiger partial charge >= 0.3 is 0 Å². The molecule has 0 aliphatic carbocycles. The molecular weight excluding hydrogens is 396 g/mol. The topological polar surface area (TPSA) is 76.5 Å². The third kappa shape index (κ3) is 4.47. The molecule has 0 unspecified atom stereocenters. The normalized spacial score (nSPS) is 18.1. The van der Waals surface area contributed by atoms with Gasteiger partial charge in [-0.05, 0) is 44.6 Å². The first-order valence-electron chi connectivity index (χ1n) is 9.11. The zero-order valence-electron chi connectivity index (χ0n) is 16.6. The van der Waals surface area contributed by atoms with Crippen LogP contribution in [0.3, 0.4) is 0 Å². The average Bonchev–Trinajstić information content (AvgIpc) is 3.15. The maximum atomic E-state index is 11.8. The Morgan fingerprint density at radius 3 is 2.82 bits per heavy atom. The summed E-state index contributed by atoms with van der Waals surface area (Å²) in [6.45, 7) is 4.54. The van der Waals surface area contributed by atoms with E-state index in [2.05, 4.69) is 10.4 Å². The molecule has 3 rings (SSSR count). The van der Waals surface area contributed by atoms with Crippen LogP contribution in [0, 0.1) is 13.8 Å². The molecule has 1 N–H and O–H groups in total. The van der Waals surface area contributed by atoms with Gasteiger partial charge in [-0.25, -0.2) is 8.42 Å². The maximum absolute atomic E-state index is 11.8. The van der Waals surface area contributed by atoms with E-state index < -0.39 is 9.84 Å². The summed E-state index contributed by atoms with van der Waals surface area (Å²) in [5, 5.41) is 8.43. The van der Waals surface area contributed by atoms with Crippen molar-refractivity contribution < 1.29 is 13.2 Å². The largest absolute Gasteiger partial charge is 0.497 e. The number of aromatic nitrogens is 2. The molecule has 0 spiro atoms. The van der Waals surface area contributed by atoms with Crippen LogP contribution < -0.4 is 10.1 Å². The summed E-state index contributed by atoms with van der Waals surface area (Å²) in [5.41, 5.74) is 3.83. The van der Waals surface area contributed by atoms with Crippen molar-refractivity contribution in [3.63, 3.8) is 0 Å². The Balaban J connectivity index is 1.71. The van der Waals surface area contributed by atoms with Crippen molar-refractivity contribution in [1.82, 2.24) is 14.7 Å². The first-order valence-corrected chi connectivity index (χ1v) is 11.3. The number of aryl methyl sites for hydroxylation is 1. The van der Waals surface area contributed by atoms with Gasteiger partial charge in [-0.2, -0.15) is 5.10 Å². The zero-order valence-corrected chi connectivity index (χ0v) is 18.2. The molecule has 7 nitrogen and oxygen atoms in total. The van der Waals surface area contributed by atoms with E-state index in [4.69, 9.17) is 17.0 Å². The van der Waals surface area contributed by atoms with Crippen molar-refractivity contribution in [3.8, 4) is 5.75 Å². The van der Waals surface area contributed by atoms with Crippen molar-refractivity contribution in [1.29, 1.82) is 0 Å². The van der Waals surface area contributed by atoms with Crippen molar-refractivity contribution >= 4 is 32.9 Å². The van der Waals surface area contributed by atoms with Crippen LogP contribution in [-0.4, -0.2) is 53.9 Å². The first-order chi connectivity index (χ1) is 13.2. The van der Waals surface area contributed by atoms with E-state index in [1.165, 1.54) is 0 Å². The number of hydrogen-bond donors (Lipinski definition) is 1. The van der Waals surface area contributed by atoms with E-state index in [1.54, 1.807) is 7.11 Å². The van der Waals surface area contributed by atoms with Gasteiger partial charge < -0.3 is 15.0 Å². The van der Waals surface area contributed by atoms with Gasteiger partial charge in [0, 0.05) is 36.6 Å². The molecule has 1 aliphatic heterocycles. The highest BCUT2D eigenvalue weighted by atomic mass is 32.2. The molecule has 152 valence electrons. The standard InChI is InChI=1S/C19H26N4O3S2/c1-13-18(14(2)23(21-13)16-8-9-28(24,25)12-16)11-22(3)19(27)20-15-6-5-7-17(10-15)26-4/h5-7,10,16H,8-9,11-12H2,1-4H3,(H,20,27)/t16-/m0/s1. The van der Waals surface area contributed by atoms with Crippen molar-refractivity contribution in [2.45, 2.75) is 32.9 Å². The second kappa shape index (κ2) is 8.08. The zero-order chi connectivity index (χ0) is 20.5. The number of ether oxygens (including phenoxy) is 1. The molecule has 2 aromatic rings. The summed E-state index contributed by atoms with van der Waals surface area (Å²) in [4.78, 5) is 1.95. The van der Waals surface area contributed by atoms with E-state index >= 15 is 0 Å². The van der Waals surface area contributed by atoms with E-state index in [0.717, 1.165) is 28.4 Å². The highest BCUT2D eigenvalue weighted by Crippen LogP contribution is 2.27. The Bertz CT molecular complexity index is 985. The van der Waals surface area contributed by atoms with E-state index in [0.29, 0.717) is 18.1 Å². The molecule has 2 heterocycles. The fraction of sp³-hybridized carbons (Fsp3) is 0.474. The molecule has 28 heavy (non-hydrogen) atoms. The molecule has 1 atom stereocenters. The SMILES string of the molecule is COc1cccc(NC(=S)N(C)Cc2c(C)nn([C@H]3CCS(=O)(=O)C3)c2C)c1. The average molecular weight is 423 g/mol. The fourth-order valence-electron chi connectivity index (χ4n) is 3.48. The van der Waals surface area contributed by atoms with Crippen LogP contribution in [0.4, 0.5) is 5.69 Å². The number of hydrogen-bond acceptors (Lipinski definition) is 5. The molecule has 1 aromatic heterocycles. The molecule has 1 saturated heterocycles. The number of thiocarbonyl (C=S) groups is 1. The van der Waals surface area contributed by atoms with Gasteiger partial charge in [0.15, 0.2) is 14.9 Å². The number of benzene rings is 1. The van der Waals surface area contributed by atoms with Gasteiger partial charge in [-0.1, -0.05) is 6.07 Å². The maximum Gasteiger partial charge on any atom is 0.173 e. The van der Waals surface area contributed by atoms with Gasteiger partial charge in [0.05, 0.1) is 30.4 Å². The van der Waals surface area contributed by atoms with Crippen LogP contribution in [0.5, 0.6) is 5.75 Å². The summed E-state index contributed by atoms with van der Waals surface area (Å²) in [6.07, 6.45) is 0.620. The molecule has 0 radical (unpaired) electrons. The number of sulfone groups is 1. The van der Waals surface area contributed by atoms with Crippen LogP contribution in [0.2, 0.25) is 0 Å². The van der Waals surface area contributed by atoms with Crippen molar-refractivity contribution in [3.05, 3.63) is 41.2 Å². The molecule has 1 fully saturated rings. The molecule has 1 aliphatic rings. The molecule has 1 aromatic carbocycles. The Morgan fingerprint density at radius 2 is 2.18 bits per heavy atom. The lowest BCUT2D eigenvalue weighted by Crippen LogP contribution is -2.31. The smallest absolute Gasteiger partial charge is 0.173 e. The van der Waals surface area contributed by atoms with Crippen molar-refractivity contribution in [2.24, 2.45) is 0 Å². The lowest BCUT2D eigenvalue weighted by atomic mass is 10.2. The van der Waals surface area contributed by atoms with Crippen LogP contribution in [-0.2, 0) is 16.4 Å². The van der Waals surface area contributed by atoms with Gasteiger partial charge in [0.2, 0.25) is 0 Å². The quantitative estimate of drug-likeness (QED) is 0.743. The fourth-order valence-corrected chi connectivity index (χ4v) is 5.35. The summed E-state index contributed by atoms with van der Waals surface area (Å²) in [7, 11) is 0.597.